The highest BCUT2D eigenvalue weighted by atomic mass is 31.1. The number of carbonyl (C=O) groups excluding carboxylic acids is 1. The first kappa shape index (κ1) is 12.9. The molecule has 0 aliphatic carbocycles. The summed E-state index contributed by atoms with van der Waals surface area (Å²) in [5, 5.41) is 0. The molecule has 2 nitrogen and oxygen atoms in total. The zero-order valence-corrected chi connectivity index (χ0v) is 8.90. The monoisotopic (exact) mass is 212 g/mol. The topological polar surface area (TPSA) is 26.3 Å². The van der Waals surface area contributed by atoms with Crippen molar-refractivity contribution < 1.29 is 18.1 Å². The average molecular weight is 212 g/mol. The van der Waals surface area contributed by atoms with E-state index in [1.807, 2.05) is 6.92 Å². The summed E-state index contributed by atoms with van der Waals surface area (Å²) in [6, 6.07) is 0. The molecule has 0 fully saturated rings. The molecular weight excluding hydrogens is 197 g/mol. The molecule has 0 heterocycles. The van der Waals surface area contributed by atoms with E-state index in [9.17, 15) is 13.6 Å². The molecule has 0 aromatic heterocycles. The second-order valence-corrected chi connectivity index (χ2v) is 3.81. The third kappa shape index (κ3) is 5.27. The molecule has 0 aliphatic rings. The smallest absolute Gasteiger partial charge is 0.305 e. The van der Waals surface area contributed by atoms with Crippen LogP contribution in [-0.4, -0.2) is 25.0 Å². The van der Waals surface area contributed by atoms with Gasteiger partial charge in [-0.2, -0.15) is 8.78 Å². The molecule has 13 heavy (non-hydrogen) atoms. The first-order valence-electron chi connectivity index (χ1n) is 4.21. The third-order valence-electron chi connectivity index (χ3n) is 1.63. The van der Waals surface area contributed by atoms with E-state index >= 15 is 0 Å². The van der Waals surface area contributed by atoms with Crippen LogP contribution < -0.4 is 0 Å². The number of unbranched alkanes of at least 4 members (excludes halogenated alkanes) is 1. The van der Waals surface area contributed by atoms with Gasteiger partial charge in [-0.05, 0) is 6.42 Å². The maximum absolute atomic E-state index is 12.9. The van der Waals surface area contributed by atoms with Crippen molar-refractivity contribution in [3.8, 4) is 0 Å². The van der Waals surface area contributed by atoms with Crippen LogP contribution in [0.5, 0.6) is 0 Å². The number of rotatable bonds is 7. The van der Waals surface area contributed by atoms with Gasteiger partial charge in [-0.1, -0.05) is 13.3 Å². The molecular formula is C8H15F2O2P. The summed E-state index contributed by atoms with van der Waals surface area (Å²) in [7, 11) is 1.24. The molecule has 0 N–H and O–H groups in total. The van der Waals surface area contributed by atoms with Crippen LogP contribution in [0.1, 0.15) is 26.2 Å². The molecule has 0 radical (unpaired) electrons. The zero-order chi connectivity index (χ0) is 10.3. The van der Waals surface area contributed by atoms with Crippen LogP contribution in [0.2, 0.25) is 0 Å². The molecule has 78 valence electrons. The van der Waals surface area contributed by atoms with Crippen molar-refractivity contribution >= 4 is 14.6 Å². The van der Waals surface area contributed by atoms with E-state index < -0.39 is 11.7 Å². The van der Waals surface area contributed by atoms with Crippen molar-refractivity contribution in [2.45, 2.75) is 32.1 Å². The van der Waals surface area contributed by atoms with Crippen molar-refractivity contribution in [3.05, 3.63) is 0 Å². The summed E-state index contributed by atoms with van der Waals surface area (Å²) in [4.78, 5) is 10.9. The fraction of sp³-hybridized carbons (Fsp3) is 0.875. The number of alkyl halides is 2. The molecule has 1 atom stereocenters. The molecule has 0 saturated heterocycles. The van der Waals surface area contributed by atoms with Crippen LogP contribution in [0.25, 0.3) is 0 Å². The predicted octanol–water partition coefficient (Wildman–Crippen LogP) is 2.62. The Morgan fingerprint density at radius 1 is 1.54 bits per heavy atom. The maximum Gasteiger partial charge on any atom is 0.305 e. The van der Waals surface area contributed by atoms with Gasteiger partial charge in [0.1, 0.15) is 0 Å². The Morgan fingerprint density at radius 2 is 2.15 bits per heavy atom. The number of ketones is 1. The lowest BCUT2D eigenvalue weighted by molar-refractivity contribution is -0.141. The summed E-state index contributed by atoms with van der Waals surface area (Å²) in [5.74, 6) is -4.15. The number of hydrogen-bond acceptors (Lipinski definition) is 2. The lowest BCUT2D eigenvalue weighted by Gasteiger charge is -2.13. The third-order valence-corrected chi connectivity index (χ3v) is 2.38. The summed E-state index contributed by atoms with van der Waals surface area (Å²) >= 11 is 0. The quantitative estimate of drug-likeness (QED) is 0.606. The lowest BCUT2D eigenvalue weighted by Crippen LogP contribution is -2.29. The first-order valence-corrected chi connectivity index (χ1v) is 5.33. The normalized spacial score (nSPS) is 12.6. The number of carbonyl (C=O) groups is 1. The summed E-state index contributed by atoms with van der Waals surface area (Å²) in [5.41, 5.74) is 0. The average Bonchev–Trinajstić information content (AvgIpc) is 2.10. The van der Waals surface area contributed by atoms with Crippen molar-refractivity contribution in [2.24, 2.45) is 0 Å². The molecule has 0 aromatic carbocycles. The van der Waals surface area contributed by atoms with Crippen LogP contribution >= 0.6 is 8.81 Å². The number of halogens is 2. The van der Waals surface area contributed by atoms with Crippen molar-refractivity contribution in [2.75, 3.05) is 13.3 Å². The van der Waals surface area contributed by atoms with E-state index in [0.29, 0.717) is 12.8 Å². The van der Waals surface area contributed by atoms with Gasteiger partial charge >= 0.3 is 5.92 Å². The zero-order valence-electron chi connectivity index (χ0n) is 7.90. The Balaban J connectivity index is 3.87. The van der Waals surface area contributed by atoms with Gasteiger partial charge in [-0.15, -0.1) is 0 Å². The highest BCUT2D eigenvalue weighted by Crippen LogP contribution is 2.25. The Morgan fingerprint density at radius 3 is 2.62 bits per heavy atom. The molecule has 0 rings (SSSR count). The SMILES string of the molecule is CCCCC(F)(F)C(=O)CPOC. The molecule has 5 heteroatoms. The minimum atomic E-state index is -3.15. The van der Waals surface area contributed by atoms with Crippen LogP contribution in [0, 0.1) is 0 Å². The standard InChI is InChI=1S/C8H15F2O2P/c1-3-4-5-8(9,10)7(11)6-13-12-2/h13H,3-6H2,1-2H3. The van der Waals surface area contributed by atoms with Crippen molar-refractivity contribution in [1.29, 1.82) is 0 Å². The second kappa shape index (κ2) is 6.39. The molecule has 0 aromatic rings. The van der Waals surface area contributed by atoms with Crippen LogP contribution in [0.4, 0.5) is 8.78 Å². The van der Waals surface area contributed by atoms with E-state index in [1.54, 1.807) is 0 Å². The van der Waals surface area contributed by atoms with Gasteiger partial charge in [0, 0.05) is 22.3 Å². The number of Topliss-reactive ketones (excluding diaryl/α,β-unsaturated/α-hetero) is 1. The van der Waals surface area contributed by atoms with E-state index in [-0.39, 0.29) is 21.4 Å². The Bertz CT molecular complexity index is 162. The van der Waals surface area contributed by atoms with Gasteiger partial charge in [0.25, 0.3) is 0 Å². The van der Waals surface area contributed by atoms with E-state index in [2.05, 4.69) is 4.52 Å². The van der Waals surface area contributed by atoms with Crippen LogP contribution in [0.3, 0.4) is 0 Å². The van der Waals surface area contributed by atoms with Crippen molar-refractivity contribution in [3.63, 3.8) is 0 Å². The Labute approximate surface area is 78.9 Å². The molecule has 0 saturated carbocycles. The van der Waals surface area contributed by atoms with Crippen LogP contribution in [0.15, 0.2) is 0 Å². The minimum Gasteiger partial charge on any atom is -0.365 e. The van der Waals surface area contributed by atoms with E-state index in [4.69, 9.17) is 0 Å². The molecule has 0 amide bonds. The van der Waals surface area contributed by atoms with Gasteiger partial charge in [0.2, 0.25) is 5.78 Å². The predicted molar refractivity (Wildman–Crippen MR) is 49.7 cm³/mol. The maximum atomic E-state index is 12.9. The van der Waals surface area contributed by atoms with Gasteiger partial charge < -0.3 is 4.52 Å². The molecule has 1 unspecified atom stereocenters. The molecule has 0 spiro atoms. The fourth-order valence-electron chi connectivity index (χ4n) is 0.805. The Hall–Kier alpha value is -0.0800. The molecule has 0 bridgehead atoms. The van der Waals surface area contributed by atoms with Gasteiger partial charge in [-0.25, -0.2) is 0 Å². The lowest BCUT2D eigenvalue weighted by atomic mass is 10.1. The number of hydrogen-bond donors (Lipinski definition) is 0. The molecule has 0 aliphatic heterocycles. The van der Waals surface area contributed by atoms with Gasteiger partial charge in [0.15, 0.2) is 0 Å². The van der Waals surface area contributed by atoms with Crippen LogP contribution in [-0.2, 0) is 9.32 Å². The summed E-state index contributed by atoms with van der Waals surface area (Å²) < 4.78 is 30.4. The first-order chi connectivity index (χ1) is 6.04. The Kier molecular flexibility index (Phi) is 6.35. The van der Waals surface area contributed by atoms with Gasteiger partial charge in [0.05, 0.1) is 6.16 Å². The van der Waals surface area contributed by atoms with Gasteiger partial charge in [-0.3, -0.25) is 4.79 Å². The second-order valence-electron chi connectivity index (χ2n) is 2.76. The highest BCUT2D eigenvalue weighted by Gasteiger charge is 2.36. The van der Waals surface area contributed by atoms with E-state index in [0.717, 1.165) is 0 Å². The van der Waals surface area contributed by atoms with E-state index in [1.165, 1.54) is 7.11 Å². The van der Waals surface area contributed by atoms with Crippen molar-refractivity contribution in [1.82, 2.24) is 0 Å². The highest BCUT2D eigenvalue weighted by molar-refractivity contribution is 7.33. The largest absolute Gasteiger partial charge is 0.365 e. The fourth-order valence-corrected chi connectivity index (χ4v) is 1.34. The summed E-state index contributed by atoms with van der Waals surface area (Å²) in [6.07, 6.45) is 0.550. The minimum absolute atomic E-state index is 0.156. The summed E-state index contributed by atoms with van der Waals surface area (Å²) in [6.45, 7) is 1.82.